The van der Waals surface area contributed by atoms with Crippen molar-refractivity contribution in [2.45, 2.75) is 0 Å². The van der Waals surface area contributed by atoms with Gasteiger partial charge < -0.3 is 16.3 Å². The average Bonchev–Trinajstić information content (AvgIpc) is 2.60. The highest BCUT2D eigenvalue weighted by Gasteiger charge is 2.06. The second-order valence-corrected chi connectivity index (χ2v) is 3.18. The summed E-state index contributed by atoms with van der Waals surface area (Å²) in [6, 6.07) is 0. The van der Waals surface area contributed by atoms with Crippen LogP contribution in [0.2, 0.25) is 0 Å². The van der Waals surface area contributed by atoms with Gasteiger partial charge >= 0.3 is 0 Å². The molecule has 76 valence electrons. The Kier molecular flexibility index (Phi) is 4.02. The minimum atomic E-state index is 0.117. The zero-order valence-corrected chi connectivity index (χ0v) is 8.16. The molecular weight excluding hydrogens is 204 g/mol. The van der Waals surface area contributed by atoms with Gasteiger partial charge in [0.15, 0.2) is 17.1 Å². The third-order valence-corrected chi connectivity index (χ3v) is 1.94. The summed E-state index contributed by atoms with van der Waals surface area (Å²) in [4.78, 5) is 19.2. The van der Waals surface area contributed by atoms with E-state index in [0.717, 1.165) is 0 Å². The molecule has 0 aliphatic rings. The molecule has 0 amide bonds. The van der Waals surface area contributed by atoms with Gasteiger partial charge in [-0.05, 0) is 0 Å². The fourth-order valence-electron chi connectivity index (χ4n) is 0.702. The maximum atomic E-state index is 10.6. The summed E-state index contributed by atoms with van der Waals surface area (Å²) in [6.45, 7) is 0.603. The minimum Gasteiger partial charge on any atom is -0.394 e. The van der Waals surface area contributed by atoms with Crippen LogP contribution in [0, 0.1) is 0 Å². The van der Waals surface area contributed by atoms with Crippen molar-refractivity contribution in [2.75, 3.05) is 18.9 Å². The van der Waals surface area contributed by atoms with Crippen molar-refractivity contribution in [3.05, 3.63) is 11.1 Å². The van der Waals surface area contributed by atoms with Gasteiger partial charge in [0.1, 0.15) is 12.3 Å². The molecule has 1 rings (SSSR count). The van der Waals surface area contributed by atoms with E-state index >= 15 is 0 Å². The van der Waals surface area contributed by atoms with Crippen molar-refractivity contribution >= 4 is 28.5 Å². The predicted octanol–water partition coefficient (Wildman–Crippen LogP) is -0.396. The number of nitrogens with zero attached hydrogens (tertiary/aromatic N) is 2. The lowest BCUT2D eigenvalue weighted by molar-refractivity contribution is -0.102. The highest BCUT2D eigenvalue weighted by atomic mass is 32.1. The molecule has 0 aliphatic carbocycles. The van der Waals surface area contributed by atoms with Crippen LogP contribution in [0.15, 0.2) is 10.5 Å². The first-order valence-electron chi connectivity index (χ1n) is 3.84. The van der Waals surface area contributed by atoms with E-state index < -0.39 is 0 Å². The molecule has 0 aromatic carbocycles. The minimum absolute atomic E-state index is 0.117. The number of rotatable bonds is 5. The van der Waals surface area contributed by atoms with E-state index in [-0.39, 0.29) is 12.3 Å². The van der Waals surface area contributed by atoms with Crippen LogP contribution in [0.3, 0.4) is 0 Å². The zero-order valence-electron chi connectivity index (χ0n) is 7.34. The van der Waals surface area contributed by atoms with Crippen LogP contribution in [0.5, 0.6) is 0 Å². The molecule has 0 spiro atoms. The summed E-state index contributed by atoms with van der Waals surface area (Å²) >= 11 is 1.23. The van der Waals surface area contributed by atoms with E-state index in [1.165, 1.54) is 11.3 Å². The summed E-state index contributed by atoms with van der Waals surface area (Å²) < 4.78 is 0. The molecule has 1 aromatic heterocycles. The second kappa shape index (κ2) is 5.30. The standard InChI is InChI=1S/C7H10N4O2S/c8-1-2-13-11-5(3-12)6-4-14-7(9)10-6/h3-4H,1-2,8H2,(H2,9,10). The normalized spacial score (nSPS) is 11.4. The van der Waals surface area contributed by atoms with Crippen LogP contribution in [0.4, 0.5) is 5.13 Å². The van der Waals surface area contributed by atoms with E-state index in [2.05, 4.69) is 10.1 Å². The molecule has 0 unspecified atom stereocenters. The number of carbonyl (C=O) groups is 1. The molecule has 0 aliphatic heterocycles. The van der Waals surface area contributed by atoms with E-state index in [1.54, 1.807) is 5.38 Å². The van der Waals surface area contributed by atoms with Gasteiger partial charge in [-0.3, -0.25) is 4.79 Å². The second-order valence-electron chi connectivity index (χ2n) is 2.29. The van der Waals surface area contributed by atoms with Crippen LogP contribution >= 0.6 is 11.3 Å². The molecule has 1 heterocycles. The molecule has 7 heteroatoms. The number of oxime groups is 1. The van der Waals surface area contributed by atoms with Crippen molar-refractivity contribution in [2.24, 2.45) is 10.9 Å². The Balaban J connectivity index is 2.71. The number of hydrogen-bond donors (Lipinski definition) is 2. The first-order valence-corrected chi connectivity index (χ1v) is 4.72. The molecule has 0 saturated carbocycles. The molecule has 0 fully saturated rings. The van der Waals surface area contributed by atoms with Gasteiger partial charge in [-0.25, -0.2) is 4.98 Å². The topological polar surface area (TPSA) is 104 Å². The number of carbonyl (C=O) groups excluding carboxylic acids is 1. The van der Waals surface area contributed by atoms with Crippen LogP contribution in [-0.2, 0) is 9.63 Å². The number of aromatic nitrogens is 1. The maximum absolute atomic E-state index is 10.6. The summed E-state index contributed by atoms with van der Waals surface area (Å²) in [7, 11) is 0. The van der Waals surface area contributed by atoms with Crippen LogP contribution in [0.1, 0.15) is 5.69 Å². The number of nitrogens with two attached hydrogens (primary N) is 2. The van der Waals surface area contributed by atoms with Gasteiger partial charge in [-0.1, -0.05) is 5.16 Å². The van der Waals surface area contributed by atoms with Crippen LogP contribution in [0.25, 0.3) is 0 Å². The van der Waals surface area contributed by atoms with Gasteiger partial charge in [0.25, 0.3) is 0 Å². The summed E-state index contributed by atoms with van der Waals surface area (Å²) in [5.41, 5.74) is 11.1. The summed E-state index contributed by atoms with van der Waals surface area (Å²) in [6.07, 6.45) is 0.561. The Morgan fingerprint density at radius 2 is 2.57 bits per heavy atom. The fourth-order valence-corrected chi connectivity index (χ4v) is 1.26. The highest BCUT2D eigenvalue weighted by Crippen LogP contribution is 2.11. The maximum Gasteiger partial charge on any atom is 0.180 e. The van der Waals surface area contributed by atoms with Gasteiger partial charge in [0.05, 0.1) is 0 Å². The zero-order chi connectivity index (χ0) is 10.4. The molecule has 6 nitrogen and oxygen atoms in total. The van der Waals surface area contributed by atoms with E-state index in [0.29, 0.717) is 23.7 Å². The monoisotopic (exact) mass is 214 g/mol. The number of hydrogen-bond acceptors (Lipinski definition) is 7. The molecule has 0 saturated heterocycles. The number of thiazole rings is 1. The fraction of sp³-hybridized carbons (Fsp3) is 0.286. The first kappa shape index (κ1) is 10.6. The Morgan fingerprint density at radius 1 is 1.79 bits per heavy atom. The molecule has 0 bridgehead atoms. The first-order chi connectivity index (χ1) is 6.77. The smallest absolute Gasteiger partial charge is 0.180 e. The van der Waals surface area contributed by atoms with Crippen molar-refractivity contribution in [3.63, 3.8) is 0 Å². The van der Waals surface area contributed by atoms with Gasteiger partial charge in [0, 0.05) is 11.9 Å². The van der Waals surface area contributed by atoms with Gasteiger partial charge in [-0.15, -0.1) is 11.3 Å². The van der Waals surface area contributed by atoms with Gasteiger partial charge in [0.2, 0.25) is 0 Å². The van der Waals surface area contributed by atoms with E-state index in [4.69, 9.17) is 16.3 Å². The lowest BCUT2D eigenvalue weighted by Crippen LogP contribution is -2.09. The quantitative estimate of drug-likeness (QED) is 0.300. The van der Waals surface area contributed by atoms with E-state index in [9.17, 15) is 4.79 Å². The average molecular weight is 214 g/mol. The third kappa shape index (κ3) is 2.79. The molecule has 14 heavy (non-hydrogen) atoms. The number of nitrogen functional groups attached to an aromatic ring is 1. The molecule has 0 atom stereocenters. The Hall–Kier alpha value is -1.47. The Bertz CT molecular complexity index is 336. The molecule has 0 radical (unpaired) electrons. The molecule has 4 N–H and O–H groups in total. The largest absolute Gasteiger partial charge is 0.394 e. The van der Waals surface area contributed by atoms with Crippen molar-refractivity contribution < 1.29 is 9.63 Å². The molecular formula is C7H10N4O2S. The van der Waals surface area contributed by atoms with Crippen molar-refractivity contribution in [3.8, 4) is 0 Å². The van der Waals surface area contributed by atoms with E-state index in [1.807, 2.05) is 0 Å². The van der Waals surface area contributed by atoms with Crippen LogP contribution in [-0.4, -0.2) is 30.1 Å². The Labute approximate surface area is 84.6 Å². The third-order valence-electron chi connectivity index (χ3n) is 1.27. The van der Waals surface area contributed by atoms with Crippen molar-refractivity contribution in [1.29, 1.82) is 0 Å². The summed E-state index contributed by atoms with van der Waals surface area (Å²) in [5.74, 6) is 0. The lowest BCUT2D eigenvalue weighted by Gasteiger charge is -1.96. The Morgan fingerprint density at radius 3 is 3.07 bits per heavy atom. The SMILES string of the molecule is NCCON=C(C=O)c1csc(N)n1. The highest BCUT2D eigenvalue weighted by molar-refractivity contribution is 7.13. The summed E-state index contributed by atoms with van der Waals surface area (Å²) in [5, 5.41) is 5.59. The van der Waals surface area contributed by atoms with Gasteiger partial charge in [-0.2, -0.15) is 0 Å². The molecule has 1 aromatic rings. The predicted molar refractivity (Wildman–Crippen MR) is 54.1 cm³/mol. The number of aldehydes is 1. The number of anilines is 1. The lowest BCUT2D eigenvalue weighted by atomic mass is 10.3. The van der Waals surface area contributed by atoms with Crippen molar-refractivity contribution in [1.82, 2.24) is 4.98 Å². The van der Waals surface area contributed by atoms with Crippen LogP contribution < -0.4 is 11.5 Å².